The van der Waals surface area contributed by atoms with Crippen LogP contribution in [0.3, 0.4) is 0 Å². The first kappa shape index (κ1) is 24.2. The molecule has 4 rings (SSSR count). The second-order valence-electron chi connectivity index (χ2n) is 8.88. The molecule has 0 aromatic carbocycles. The molecule has 0 aliphatic heterocycles. The molecule has 1 unspecified atom stereocenters. The lowest BCUT2D eigenvalue weighted by molar-refractivity contribution is -0.119. The summed E-state index contributed by atoms with van der Waals surface area (Å²) < 4.78 is 1.55. The third-order valence-corrected chi connectivity index (χ3v) is 6.46. The van der Waals surface area contributed by atoms with E-state index in [4.69, 9.17) is 0 Å². The Hall–Kier alpha value is -3.93. The van der Waals surface area contributed by atoms with Gasteiger partial charge in [0.05, 0.1) is 23.3 Å². The summed E-state index contributed by atoms with van der Waals surface area (Å²) >= 11 is 0. The molecular weight excluding hydrogens is 442 g/mol. The Bertz CT molecular complexity index is 1220. The Balaban J connectivity index is 1.50. The number of amides is 2. The molecule has 2 amide bonds. The van der Waals surface area contributed by atoms with Gasteiger partial charge in [-0.1, -0.05) is 25.2 Å². The molecule has 1 atom stereocenters. The Morgan fingerprint density at radius 2 is 2.00 bits per heavy atom. The molecule has 1 aliphatic carbocycles. The topological polar surface area (TPSA) is 118 Å². The quantitative estimate of drug-likeness (QED) is 0.453. The molecule has 182 valence electrons. The van der Waals surface area contributed by atoms with E-state index in [0.29, 0.717) is 17.9 Å². The number of nitrogens with one attached hydrogen (secondary N) is 3. The number of anilines is 1. The number of aryl methyl sites for hydroxylation is 2. The summed E-state index contributed by atoms with van der Waals surface area (Å²) in [6.07, 6.45) is 8.25. The number of nitrogens with zero attached hydrogens (tertiary/aromatic N) is 4. The van der Waals surface area contributed by atoms with Crippen LogP contribution in [-0.2, 0) is 11.3 Å². The molecule has 35 heavy (non-hydrogen) atoms. The van der Waals surface area contributed by atoms with Crippen LogP contribution in [0.2, 0.25) is 0 Å². The fourth-order valence-corrected chi connectivity index (χ4v) is 4.65. The second kappa shape index (κ2) is 11.0. The van der Waals surface area contributed by atoms with E-state index in [1.54, 1.807) is 30.1 Å². The lowest BCUT2D eigenvalue weighted by atomic mass is 9.83. The molecule has 9 heteroatoms. The van der Waals surface area contributed by atoms with Crippen molar-refractivity contribution in [1.82, 2.24) is 30.3 Å². The van der Waals surface area contributed by atoms with Gasteiger partial charge in [0.25, 0.3) is 5.91 Å². The molecule has 3 aromatic heterocycles. The zero-order valence-corrected chi connectivity index (χ0v) is 20.4. The second-order valence-corrected chi connectivity index (χ2v) is 8.88. The zero-order valence-electron chi connectivity index (χ0n) is 20.4. The first-order chi connectivity index (χ1) is 17.0. The normalized spacial score (nSPS) is 14.6. The summed E-state index contributed by atoms with van der Waals surface area (Å²) in [5.41, 5.74) is 4.52. The molecule has 3 aromatic rings. The van der Waals surface area contributed by atoms with Crippen LogP contribution >= 0.6 is 0 Å². The summed E-state index contributed by atoms with van der Waals surface area (Å²) in [7, 11) is 0. The van der Waals surface area contributed by atoms with Gasteiger partial charge in [0.1, 0.15) is 18.3 Å². The molecule has 9 nitrogen and oxygen atoms in total. The first-order valence-corrected chi connectivity index (χ1v) is 12.0. The zero-order chi connectivity index (χ0) is 24.8. The summed E-state index contributed by atoms with van der Waals surface area (Å²) in [6, 6.07) is 4.68. The fraction of sp³-hybridized carbons (Fsp3) is 0.423. The molecule has 0 saturated heterocycles. The minimum absolute atomic E-state index is 0.0722. The Morgan fingerprint density at radius 1 is 1.20 bits per heavy atom. The maximum Gasteiger partial charge on any atom is 0.270 e. The number of carbonyl (C=O) groups is 2. The number of H-pyrrole nitrogens is 1. The molecule has 3 N–H and O–H groups in total. The minimum Gasteiger partial charge on any atom is -0.339 e. The van der Waals surface area contributed by atoms with E-state index in [0.717, 1.165) is 54.7 Å². The highest BCUT2D eigenvalue weighted by Gasteiger charge is 2.32. The van der Waals surface area contributed by atoms with Crippen LogP contribution in [0.5, 0.6) is 0 Å². The highest BCUT2D eigenvalue weighted by molar-refractivity contribution is 6.00. The van der Waals surface area contributed by atoms with Crippen molar-refractivity contribution in [2.75, 3.05) is 5.32 Å². The number of carbonyl (C=O) groups excluding carboxylic acids is 2. The van der Waals surface area contributed by atoms with Crippen molar-refractivity contribution in [2.24, 2.45) is 5.92 Å². The maximum atomic E-state index is 13.4. The van der Waals surface area contributed by atoms with Gasteiger partial charge in [0.15, 0.2) is 0 Å². The lowest BCUT2D eigenvalue weighted by Crippen LogP contribution is -2.49. The number of aromatic nitrogens is 5. The van der Waals surface area contributed by atoms with Gasteiger partial charge in [-0.3, -0.25) is 19.7 Å². The van der Waals surface area contributed by atoms with Crippen LogP contribution in [0.4, 0.5) is 5.69 Å². The van der Waals surface area contributed by atoms with E-state index in [-0.39, 0.29) is 17.7 Å². The van der Waals surface area contributed by atoms with Crippen LogP contribution in [0, 0.1) is 31.6 Å². The van der Waals surface area contributed by atoms with Crippen LogP contribution in [0.1, 0.15) is 60.9 Å². The van der Waals surface area contributed by atoms with Gasteiger partial charge in [-0.05, 0) is 57.7 Å². The van der Waals surface area contributed by atoms with Crippen molar-refractivity contribution in [3.63, 3.8) is 0 Å². The van der Waals surface area contributed by atoms with Gasteiger partial charge in [0, 0.05) is 17.5 Å². The van der Waals surface area contributed by atoms with Crippen LogP contribution < -0.4 is 10.6 Å². The van der Waals surface area contributed by atoms with Crippen molar-refractivity contribution in [3.05, 3.63) is 47.7 Å². The maximum absolute atomic E-state index is 13.4. The summed E-state index contributed by atoms with van der Waals surface area (Å²) in [6.45, 7) is 5.94. The van der Waals surface area contributed by atoms with Gasteiger partial charge in [-0.15, -0.1) is 5.92 Å². The Labute approximate surface area is 205 Å². The Kier molecular flexibility index (Phi) is 7.60. The first-order valence-electron chi connectivity index (χ1n) is 12.0. The van der Waals surface area contributed by atoms with Crippen molar-refractivity contribution >= 4 is 17.5 Å². The number of rotatable bonds is 7. The molecule has 3 heterocycles. The molecule has 0 radical (unpaired) electrons. The molecule has 1 saturated carbocycles. The minimum atomic E-state index is -0.651. The van der Waals surface area contributed by atoms with Crippen LogP contribution in [0.25, 0.3) is 11.3 Å². The van der Waals surface area contributed by atoms with Gasteiger partial charge >= 0.3 is 0 Å². The third-order valence-electron chi connectivity index (χ3n) is 6.46. The Morgan fingerprint density at radius 3 is 2.66 bits per heavy atom. The van der Waals surface area contributed by atoms with E-state index in [1.807, 2.05) is 26.0 Å². The van der Waals surface area contributed by atoms with E-state index in [9.17, 15) is 9.59 Å². The monoisotopic (exact) mass is 473 g/mol. The van der Waals surface area contributed by atoms with Crippen molar-refractivity contribution in [2.45, 2.75) is 65.5 Å². The average molecular weight is 474 g/mol. The molecule has 1 aliphatic rings. The van der Waals surface area contributed by atoms with Crippen LogP contribution in [0.15, 0.2) is 30.6 Å². The predicted molar refractivity (Wildman–Crippen MR) is 133 cm³/mol. The smallest absolute Gasteiger partial charge is 0.270 e. The summed E-state index contributed by atoms with van der Waals surface area (Å²) in [5.74, 6) is 5.23. The molecule has 0 bridgehead atoms. The molecule has 1 fully saturated rings. The van der Waals surface area contributed by atoms with E-state index >= 15 is 0 Å². The third kappa shape index (κ3) is 5.60. The number of hydrogen-bond donors (Lipinski definition) is 3. The van der Waals surface area contributed by atoms with Crippen molar-refractivity contribution in [3.8, 4) is 23.1 Å². The largest absolute Gasteiger partial charge is 0.339 e. The van der Waals surface area contributed by atoms with Gasteiger partial charge in [-0.2, -0.15) is 10.2 Å². The van der Waals surface area contributed by atoms with Crippen molar-refractivity contribution < 1.29 is 9.59 Å². The van der Waals surface area contributed by atoms with E-state index in [2.05, 4.69) is 42.8 Å². The average Bonchev–Trinajstić information content (AvgIpc) is 3.48. The molecular formula is C26H31N7O2. The SMILES string of the molecule is CC#CCn1nccc1C(=O)NC(C(=O)Nc1ccc(-c2c(C)n[nH]c2C)nc1)C1CCCCC1. The van der Waals surface area contributed by atoms with Crippen molar-refractivity contribution in [1.29, 1.82) is 0 Å². The number of aromatic amines is 1. The fourth-order valence-electron chi connectivity index (χ4n) is 4.65. The van der Waals surface area contributed by atoms with E-state index in [1.165, 1.54) is 0 Å². The van der Waals surface area contributed by atoms with Gasteiger partial charge < -0.3 is 10.6 Å². The number of hydrogen-bond acceptors (Lipinski definition) is 5. The highest BCUT2D eigenvalue weighted by atomic mass is 16.2. The van der Waals surface area contributed by atoms with Gasteiger partial charge in [-0.25, -0.2) is 4.68 Å². The lowest BCUT2D eigenvalue weighted by Gasteiger charge is -2.30. The highest BCUT2D eigenvalue weighted by Crippen LogP contribution is 2.28. The predicted octanol–water partition coefficient (Wildman–Crippen LogP) is 3.63. The molecule has 0 spiro atoms. The van der Waals surface area contributed by atoms with E-state index < -0.39 is 6.04 Å². The summed E-state index contributed by atoms with van der Waals surface area (Å²) in [5, 5.41) is 17.3. The van der Waals surface area contributed by atoms with Gasteiger partial charge in [0.2, 0.25) is 5.91 Å². The van der Waals surface area contributed by atoms with Crippen LogP contribution in [-0.4, -0.2) is 42.8 Å². The standard InChI is InChI=1S/C26H31N7O2/c1-4-5-15-33-22(13-14-28-33)25(34)30-24(19-9-7-6-8-10-19)26(35)29-20-11-12-21(27-16-20)23-17(2)31-32-18(23)3/h11-14,16,19,24H,6-10,15H2,1-3H3,(H,29,35)(H,30,34)(H,31,32). The summed E-state index contributed by atoms with van der Waals surface area (Å²) in [4.78, 5) is 31.0. The number of pyridine rings is 1.